The number of pyridine rings is 1. The number of piperidine rings is 1. The molecule has 0 radical (unpaired) electrons. The first kappa shape index (κ1) is 30.3. The van der Waals surface area contributed by atoms with Gasteiger partial charge in [-0.25, -0.2) is 45.7 Å². The van der Waals surface area contributed by atoms with Gasteiger partial charge in [-0.15, -0.1) is 0 Å². The number of ether oxygens (including phenoxy) is 1. The van der Waals surface area contributed by atoms with Crippen LogP contribution in [0.25, 0.3) is 11.3 Å². The summed E-state index contributed by atoms with van der Waals surface area (Å²) in [6.07, 6.45) is 0.461. The Labute approximate surface area is 244 Å². The number of nitrogens with one attached hydrogen (secondary N) is 3. The van der Waals surface area contributed by atoms with Gasteiger partial charge in [-0.1, -0.05) is 30.3 Å². The Morgan fingerprint density at radius 3 is 2.49 bits per heavy atom. The molecule has 1 fully saturated rings. The van der Waals surface area contributed by atoms with Crippen LogP contribution in [0.1, 0.15) is 23.6 Å². The van der Waals surface area contributed by atoms with Gasteiger partial charge in [-0.3, -0.25) is 0 Å². The number of benzene rings is 2. The second-order valence-electron chi connectivity index (χ2n) is 9.68. The van der Waals surface area contributed by atoms with Crippen LogP contribution in [0.3, 0.4) is 0 Å². The molecule has 43 heavy (non-hydrogen) atoms. The predicted molar refractivity (Wildman–Crippen MR) is 148 cm³/mol. The lowest BCUT2D eigenvalue weighted by Gasteiger charge is -2.30. The molecule has 0 spiro atoms. The van der Waals surface area contributed by atoms with Crippen LogP contribution in [-0.4, -0.2) is 48.9 Å². The van der Waals surface area contributed by atoms with Crippen LogP contribution < -0.4 is 20.1 Å². The first-order chi connectivity index (χ1) is 20.7. The van der Waals surface area contributed by atoms with E-state index in [9.17, 15) is 17.2 Å². The van der Waals surface area contributed by atoms with E-state index in [1.807, 2.05) is 0 Å². The van der Waals surface area contributed by atoms with E-state index in [-0.39, 0.29) is 47.7 Å². The second-order valence-corrected chi connectivity index (χ2v) is 10.5. The maximum absolute atomic E-state index is 15.4. The molecule has 1 aliphatic heterocycles. The first-order valence-corrected chi connectivity index (χ1v) is 14.2. The minimum Gasteiger partial charge on any atom is -0.435 e. The zero-order valence-electron chi connectivity index (χ0n) is 22.2. The van der Waals surface area contributed by atoms with Crippen LogP contribution >= 0.6 is 0 Å². The van der Waals surface area contributed by atoms with Gasteiger partial charge in [0.05, 0.1) is 17.3 Å². The molecule has 3 atom stereocenters. The summed E-state index contributed by atoms with van der Waals surface area (Å²) in [5.41, 5.74) is -0.201. The molecule has 3 heterocycles. The van der Waals surface area contributed by atoms with Crippen LogP contribution in [0.2, 0.25) is 0 Å². The Morgan fingerprint density at radius 2 is 1.74 bits per heavy atom. The topological polar surface area (TPSA) is 118 Å². The van der Waals surface area contributed by atoms with Gasteiger partial charge in [0, 0.05) is 49.1 Å². The first-order valence-electron chi connectivity index (χ1n) is 13.1. The minimum absolute atomic E-state index is 0.137. The molecule has 15 heteroatoms. The lowest BCUT2D eigenvalue weighted by atomic mass is 9.96. The molecular weight excluding hydrogens is 595 g/mol. The summed E-state index contributed by atoms with van der Waals surface area (Å²) >= 11 is 0. The minimum atomic E-state index is -3.31. The molecule has 0 bridgehead atoms. The van der Waals surface area contributed by atoms with E-state index in [0.717, 1.165) is 0 Å². The van der Waals surface area contributed by atoms with Crippen LogP contribution in [0.15, 0.2) is 67.0 Å². The van der Waals surface area contributed by atoms with Gasteiger partial charge in [0.25, 0.3) is 0 Å². The van der Waals surface area contributed by atoms with Crippen molar-refractivity contribution in [2.75, 3.05) is 18.4 Å². The van der Waals surface area contributed by atoms with E-state index in [2.05, 4.69) is 30.3 Å². The lowest BCUT2D eigenvalue weighted by molar-refractivity contribution is 0.0606. The lowest BCUT2D eigenvalue weighted by Crippen LogP contribution is -2.45. The Balaban J connectivity index is 1.43. The molecule has 1 aliphatic rings. The molecule has 9 nitrogen and oxygen atoms in total. The molecule has 5 rings (SSSR count). The number of nitrogens with zero attached hydrogens (tertiary/aromatic N) is 3. The smallest absolute Gasteiger partial charge is 0.242 e. The van der Waals surface area contributed by atoms with E-state index in [0.29, 0.717) is 12.6 Å². The molecular formula is C28H25F5N6O3S. The Morgan fingerprint density at radius 1 is 0.953 bits per heavy atom. The average molecular weight is 621 g/mol. The molecule has 0 amide bonds. The zero-order chi connectivity index (χ0) is 30.5. The van der Waals surface area contributed by atoms with E-state index >= 15 is 13.2 Å². The number of rotatable bonds is 10. The van der Waals surface area contributed by atoms with Gasteiger partial charge in [0.1, 0.15) is 5.82 Å². The molecule has 3 unspecified atom stereocenters. The number of aromatic nitrogens is 3. The number of halogens is 5. The summed E-state index contributed by atoms with van der Waals surface area (Å²) < 4.78 is 103. The molecule has 4 aromatic rings. The molecule has 0 aliphatic carbocycles. The quantitative estimate of drug-likeness (QED) is 0.115. The van der Waals surface area contributed by atoms with Crippen LogP contribution in [0.5, 0.6) is 11.6 Å². The number of hydrogen-bond donors (Lipinski definition) is 4. The fraction of sp³-hybridized carbons (Fsp3) is 0.250. The highest BCUT2D eigenvalue weighted by Crippen LogP contribution is 2.37. The molecule has 226 valence electrons. The molecule has 2 aromatic heterocycles. The van der Waals surface area contributed by atoms with Crippen molar-refractivity contribution in [2.45, 2.75) is 24.9 Å². The van der Waals surface area contributed by atoms with Crippen LogP contribution in [0.4, 0.5) is 27.9 Å². The number of hydrogen-bond acceptors (Lipinski definition) is 8. The van der Waals surface area contributed by atoms with Crippen molar-refractivity contribution in [1.82, 2.24) is 25.0 Å². The van der Waals surface area contributed by atoms with E-state index in [1.165, 1.54) is 54.9 Å². The van der Waals surface area contributed by atoms with Gasteiger partial charge < -0.3 is 15.4 Å². The molecule has 2 aromatic carbocycles. The highest BCUT2D eigenvalue weighted by Gasteiger charge is 2.30. The molecule has 3 N–H and O–H groups in total. The normalized spacial score (nSPS) is 17.7. The van der Waals surface area contributed by atoms with Crippen molar-refractivity contribution < 1.29 is 35.1 Å². The average Bonchev–Trinajstić information content (AvgIpc) is 3.00. The van der Waals surface area contributed by atoms with Gasteiger partial charge in [0.15, 0.2) is 11.6 Å². The largest absolute Gasteiger partial charge is 0.435 e. The SMILES string of the molecule is O=[SH](=O)NC(c1ccccc1)c1c(F)cc(Oc2ncccc2-c2ccnc(NC3CNCC(C(F)F)C3)n2)c(F)c1F. The fourth-order valence-corrected chi connectivity index (χ4v) is 5.28. The Hall–Kier alpha value is -4.21. The van der Waals surface area contributed by atoms with Gasteiger partial charge in [-0.05, 0) is 30.2 Å². The van der Waals surface area contributed by atoms with Crippen molar-refractivity contribution in [2.24, 2.45) is 5.92 Å². The third-order valence-electron chi connectivity index (χ3n) is 6.80. The summed E-state index contributed by atoms with van der Waals surface area (Å²) in [5.74, 6) is -6.25. The number of thiol groups is 1. The van der Waals surface area contributed by atoms with E-state index in [4.69, 9.17) is 4.74 Å². The predicted octanol–water partition coefficient (Wildman–Crippen LogP) is 4.61. The van der Waals surface area contributed by atoms with Crippen molar-refractivity contribution >= 4 is 16.8 Å². The summed E-state index contributed by atoms with van der Waals surface area (Å²) in [6.45, 7) is 0.629. The Kier molecular flexibility index (Phi) is 9.43. The maximum Gasteiger partial charge on any atom is 0.242 e. The van der Waals surface area contributed by atoms with Gasteiger partial charge >= 0.3 is 0 Å². The highest BCUT2D eigenvalue weighted by molar-refractivity contribution is 7.70. The fourth-order valence-electron chi connectivity index (χ4n) is 4.79. The Bertz CT molecular complexity index is 1660. The second kappa shape index (κ2) is 13.4. The van der Waals surface area contributed by atoms with Crippen molar-refractivity contribution in [3.05, 3.63) is 95.6 Å². The molecule has 0 saturated carbocycles. The summed E-state index contributed by atoms with van der Waals surface area (Å²) in [5, 5.41) is 5.98. The zero-order valence-corrected chi connectivity index (χ0v) is 23.1. The summed E-state index contributed by atoms with van der Waals surface area (Å²) in [4.78, 5) is 12.6. The number of alkyl halides is 2. The van der Waals surface area contributed by atoms with Crippen molar-refractivity contribution in [3.8, 4) is 22.9 Å². The van der Waals surface area contributed by atoms with E-state index in [1.54, 1.807) is 6.07 Å². The van der Waals surface area contributed by atoms with Gasteiger partial charge in [-0.2, -0.15) is 4.39 Å². The van der Waals surface area contributed by atoms with Gasteiger partial charge in [0.2, 0.25) is 35.0 Å². The van der Waals surface area contributed by atoms with Crippen molar-refractivity contribution in [1.29, 1.82) is 0 Å². The maximum atomic E-state index is 15.4. The van der Waals surface area contributed by atoms with Crippen molar-refractivity contribution in [3.63, 3.8) is 0 Å². The van der Waals surface area contributed by atoms with E-state index < -0.39 is 58.0 Å². The molecule has 1 saturated heterocycles. The van der Waals surface area contributed by atoms with Crippen LogP contribution in [-0.2, 0) is 10.9 Å². The summed E-state index contributed by atoms with van der Waals surface area (Å²) in [7, 11) is -3.31. The highest BCUT2D eigenvalue weighted by atomic mass is 32.2. The summed E-state index contributed by atoms with van der Waals surface area (Å²) in [6, 6.07) is 10.8. The third-order valence-corrected chi connectivity index (χ3v) is 7.27. The number of anilines is 1. The standard InChI is InChI=1S/C28H25F5N6O3S/c29-19-12-21(23(30)24(31)22(19)25(39-43(40)41)15-5-2-1-3-6-15)42-27-18(7-4-9-35-27)20-8-10-36-28(38-20)37-17-11-16(26(32)33)13-34-14-17/h1-10,12,16-17,25-26,34,43H,11,13-14H2,(H,36,37,38)(H,39,40,41). The third kappa shape index (κ3) is 7.06. The monoisotopic (exact) mass is 620 g/mol. The van der Waals surface area contributed by atoms with Crippen LogP contribution in [0, 0.1) is 23.4 Å².